The van der Waals surface area contributed by atoms with Gasteiger partial charge < -0.3 is 10.1 Å². The zero-order valence-electron chi connectivity index (χ0n) is 13.0. The SMILES string of the molecule is CCNC(C)c1ccc(F)c(-c2ccc(OC)cc2C)c1. The van der Waals surface area contributed by atoms with Gasteiger partial charge in [0.05, 0.1) is 7.11 Å². The molecule has 1 unspecified atom stereocenters. The van der Waals surface area contributed by atoms with Crippen molar-refractivity contribution in [1.82, 2.24) is 5.32 Å². The molecule has 0 radical (unpaired) electrons. The van der Waals surface area contributed by atoms with Crippen LogP contribution >= 0.6 is 0 Å². The second-order valence-electron chi connectivity index (χ2n) is 5.20. The third kappa shape index (κ3) is 3.42. The summed E-state index contributed by atoms with van der Waals surface area (Å²) in [5.74, 6) is 0.588. The fourth-order valence-electron chi connectivity index (χ4n) is 2.51. The monoisotopic (exact) mass is 287 g/mol. The van der Waals surface area contributed by atoms with Crippen molar-refractivity contribution in [2.24, 2.45) is 0 Å². The Morgan fingerprint density at radius 3 is 2.52 bits per heavy atom. The summed E-state index contributed by atoms with van der Waals surface area (Å²) >= 11 is 0. The molecule has 0 amide bonds. The van der Waals surface area contributed by atoms with Crippen LogP contribution in [0.4, 0.5) is 4.39 Å². The summed E-state index contributed by atoms with van der Waals surface area (Å²) in [6.07, 6.45) is 0. The highest BCUT2D eigenvalue weighted by molar-refractivity contribution is 5.69. The highest BCUT2D eigenvalue weighted by Crippen LogP contribution is 2.30. The zero-order valence-corrected chi connectivity index (χ0v) is 13.0. The first-order valence-electron chi connectivity index (χ1n) is 7.24. The van der Waals surface area contributed by atoms with E-state index >= 15 is 0 Å². The lowest BCUT2D eigenvalue weighted by Gasteiger charge is -2.16. The van der Waals surface area contributed by atoms with Gasteiger partial charge in [-0.3, -0.25) is 0 Å². The molecular weight excluding hydrogens is 265 g/mol. The number of benzene rings is 2. The smallest absolute Gasteiger partial charge is 0.131 e. The molecule has 0 saturated heterocycles. The Labute approximate surface area is 126 Å². The zero-order chi connectivity index (χ0) is 15.4. The molecule has 2 aromatic carbocycles. The van der Waals surface area contributed by atoms with Crippen molar-refractivity contribution in [1.29, 1.82) is 0 Å². The van der Waals surface area contributed by atoms with Crippen molar-refractivity contribution in [3.8, 4) is 16.9 Å². The summed E-state index contributed by atoms with van der Waals surface area (Å²) in [5.41, 5.74) is 3.63. The van der Waals surface area contributed by atoms with E-state index in [1.165, 1.54) is 0 Å². The lowest BCUT2D eigenvalue weighted by atomic mass is 9.96. The standard InChI is InChI=1S/C18H22FNO/c1-5-20-13(3)14-6-9-18(19)17(11-14)16-8-7-15(21-4)10-12(16)2/h6-11,13,20H,5H2,1-4H3. The van der Waals surface area contributed by atoms with Crippen molar-refractivity contribution in [2.75, 3.05) is 13.7 Å². The van der Waals surface area contributed by atoms with Crippen molar-refractivity contribution in [3.05, 3.63) is 53.3 Å². The third-order valence-electron chi connectivity index (χ3n) is 3.72. The summed E-state index contributed by atoms with van der Waals surface area (Å²) in [6, 6.07) is 11.2. The van der Waals surface area contributed by atoms with E-state index in [1.54, 1.807) is 13.2 Å². The summed E-state index contributed by atoms with van der Waals surface area (Å²) < 4.78 is 19.4. The van der Waals surface area contributed by atoms with Gasteiger partial charge >= 0.3 is 0 Å². The number of rotatable bonds is 5. The van der Waals surface area contributed by atoms with Crippen LogP contribution < -0.4 is 10.1 Å². The molecule has 0 heterocycles. The van der Waals surface area contributed by atoms with E-state index in [4.69, 9.17) is 4.74 Å². The average Bonchev–Trinajstić information content (AvgIpc) is 2.48. The van der Waals surface area contributed by atoms with Gasteiger partial charge in [0.1, 0.15) is 11.6 Å². The van der Waals surface area contributed by atoms with Gasteiger partial charge in [-0.15, -0.1) is 0 Å². The van der Waals surface area contributed by atoms with Crippen LogP contribution in [-0.2, 0) is 0 Å². The molecule has 112 valence electrons. The van der Waals surface area contributed by atoms with E-state index in [1.807, 2.05) is 37.3 Å². The van der Waals surface area contributed by atoms with Crippen LogP contribution in [0, 0.1) is 12.7 Å². The highest BCUT2D eigenvalue weighted by atomic mass is 19.1. The Hall–Kier alpha value is -1.87. The molecule has 0 aliphatic carbocycles. The number of methoxy groups -OCH3 is 1. The fourth-order valence-corrected chi connectivity index (χ4v) is 2.51. The lowest BCUT2D eigenvalue weighted by molar-refractivity contribution is 0.414. The van der Waals surface area contributed by atoms with Gasteiger partial charge in [-0.05, 0) is 61.3 Å². The van der Waals surface area contributed by atoms with Gasteiger partial charge in [0, 0.05) is 11.6 Å². The number of halogens is 1. The maximum Gasteiger partial charge on any atom is 0.131 e. The third-order valence-corrected chi connectivity index (χ3v) is 3.72. The lowest BCUT2D eigenvalue weighted by Crippen LogP contribution is -2.17. The van der Waals surface area contributed by atoms with Gasteiger partial charge in [-0.2, -0.15) is 0 Å². The molecule has 1 atom stereocenters. The Bertz CT molecular complexity index is 625. The molecule has 1 N–H and O–H groups in total. The number of aryl methyl sites for hydroxylation is 1. The predicted molar refractivity (Wildman–Crippen MR) is 85.2 cm³/mol. The molecule has 0 spiro atoms. The second-order valence-corrected chi connectivity index (χ2v) is 5.20. The van der Waals surface area contributed by atoms with Crippen molar-refractivity contribution >= 4 is 0 Å². The summed E-state index contributed by atoms with van der Waals surface area (Å²) in [4.78, 5) is 0. The normalized spacial score (nSPS) is 12.2. The summed E-state index contributed by atoms with van der Waals surface area (Å²) in [6.45, 7) is 7.00. The molecule has 0 aliphatic rings. The first-order valence-corrected chi connectivity index (χ1v) is 7.24. The number of hydrogen-bond donors (Lipinski definition) is 1. The van der Waals surface area contributed by atoms with Gasteiger partial charge in [-0.25, -0.2) is 4.39 Å². The van der Waals surface area contributed by atoms with Crippen LogP contribution in [0.15, 0.2) is 36.4 Å². The quantitative estimate of drug-likeness (QED) is 0.875. The van der Waals surface area contributed by atoms with E-state index < -0.39 is 0 Å². The molecule has 0 saturated carbocycles. The van der Waals surface area contributed by atoms with Gasteiger partial charge in [0.2, 0.25) is 0 Å². The van der Waals surface area contributed by atoms with Crippen molar-refractivity contribution < 1.29 is 9.13 Å². The average molecular weight is 287 g/mol. The maximum atomic E-state index is 14.2. The van der Waals surface area contributed by atoms with E-state index in [0.717, 1.165) is 29.0 Å². The molecule has 3 heteroatoms. The van der Waals surface area contributed by atoms with Crippen LogP contribution in [0.5, 0.6) is 5.75 Å². The van der Waals surface area contributed by atoms with Crippen molar-refractivity contribution in [2.45, 2.75) is 26.8 Å². The minimum absolute atomic E-state index is 0.198. The predicted octanol–water partition coefficient (Wildman–Crippen LogP) is 4.48. The van der Waals surface area contributed by atoms with Crippen LogP contribution in [0.2, 0.25) is 0 Å². The van der Waals surface area contributed by atoms with E-state index in [-0.39, 0.29) is 11.9 Å². The largest absolute Gasteiger partial charge is 0.497 e. The Kier molecular flexibility index (Phi) is 4.97. The van der Waals surface area contributed by atoms with Gasteiger partial charge in [0.15, 0.2) is 0 Å². The molecule has 0 fully saturated rings. The van der Waals surface area contributed by atoms with E-state index in [9.17, 15) is 4.39 Å². The Morgan fingerprint density at radius 1 is 1.14 bits per heavy atom. The first kappa shape index (κ1) is 15.5. The molecule has 0 bridgehead atoms. The number of ether oxygens (including phenoxy) is 1. The molecule has 2 aromatic rings. The minimum Gasteiger partial charge on any atom is -0.497 e. The molecule has 0 aliphatic heterocycles. The Morgan fingerprint density at radius 2 is 1.90 bits per heavy atom. The molecule has 2 nitrogen and oxygen atoms in total. The number of hydrogen-bond acceptors (Lipinski definition) is 2. The second kappa shape index (κ2) is 6.72. The Balaban J connectivity index is 2.45. The van der Waals surface area contributed by atoms with Gasteiger partial charge in [-0.1, -0.05) is 19.1 Å². The van der Waals surface area contributed by atoms with E-state index in [0.29, 0.717) is 5.56 Å². The van der Waals surface area contributed by atoms with Crippen LogP contribution in [0.1, 0.15) is 31.0 Å². The van der Waals surface area contributed by atoms with Crippen molar-refractivity contribution in [3.63, 3.8) is 0 Å². The maximum absolute atomic E-state index is 14.2. The van der Waals surface area contributed by atoms with Crippen LogP contribution in [0.25, 0.3) is 11.1 Å². The number of nitrogens with one attached hydrogen (secondary N) is 1. The van der Waals surface area contributed by atoms with Crippen LogP contribution in [-0.4, -0.2) is 13.7 Å². The highest BCUT2D eigenvalue weighted by Gasteiger charge is 2.12. The van der Waals surface area contributed by atoms with E-state index in [2.05, 4.69) is 19.2 Å². The summed E-state index contributed by atoms with van der Waals surface area (Å²) in [5, 5.41) is 3.35. The van der Waals surface area contributed by atoms with Crippen LogP contribution in [0.3, 0.4) is 0 Å². The first-order chi connectivity index (χ1) is 10.1. The molecular formula is C18H22FNO. The molecule has 21 heavy (non-hydrogen) atoms. The fraction of sp³-hybridized carbons (Fsp3) is 0.333. The van der Waals surface area contributed by atoms with Gasteiger partial charge in [0.25, 0.3) is 0 Å². The topological polar surface area (TPSA) is 21.3 Å². The molecule has 2 rings (SSSR count). The summed E-state index contributed by atoms with van der Waals surface area (Å²) in [7, 11) is 1.63. The molecule has 0 aromatic heterocycles. The minimum atomic E-state index is -0.198.